The molecule has 1 aromatic rings. The van der Waals surface area contributed by atoms with Crippen LogP contribution in [0.15, 0.2) is 24.3 Å². The Kier molecular flexibility index (Phi) is 6.68. The maximum absolute atomic E-state index is 12.8. The van der Waals surface area contributed by atoms with E-state index >= 15 is 0 Å². The first-order chi connectivity index (χ1) is 11.5. The van der Waals surface area contributed by atoms with Crippen LogP contribution >= 0.6 is 24.0 Å². The number of thiocarbonyl (C=S) groups is 1. The maximum Gasteiger partial charge on any atom is 0.269 e. The summed E-state index contributed by atoms with van der Waals surface area (Å²) in [4.78, 5) is 36.5. The van der Waals surface area contributed by atoms with Crippen LogP contribution in [0.3, 0.4) is 0 Å². The highest BCUT2D eigenvalue weighted by atomic mass is 32.2. The maximum atomic E-state index is 12.8. The Hall–Kier alpha value is -2.00. The molecular formula is C15H16FN3O3S2. The fraction of sp³-hybridized carbons (Fsp3) is 0.333. The van der Waals surface area contributed by atoms with Crippen molar-refractivity contribution in [2.45, 2.75) is 19.3 Å². The van der Waals surface area contributed by atoms with E-state index in [0.29, 0.717) is 29.5 Å². The third kappa shape index (κ3) is 5.27. The zero-order valence-electron chi connectivity index (χ0n) is 12.7. The zero-order chi connectivity index (χ0) is 17.5. The number of halogens is 1. The lowest BCUT2D eigenvalue weighted by Gasteiger charge is -2.14. The minimum Gasteiger partial charge on any atom is -0.297 e. The third-order valence-electron chi connectivity index (χ3n) is 3.30. The molecule has 1 fully saturated rings. The molecular weight excluding hydrogens is 353 g/mol. The van der Waals surface area contributed by atoms with Gasteiger partial charge in [0.2, 0.25) is 11.8 Å². The number of hydrogen-bond acceptors (Lipinski definition) is 5. The predicted octanol–water partition coefficient (Wildman–Crippen LogP) is 1.62. The Balaban J connectivity index is 1.63. The molecule has 0 radical (unpaired) electrons. The number of carbonyl (C=O) groups is 3. The van der Waals surface area contributed by atoms with Crippen LogP contribution in [0.5, 0.6) is 0 Å². The van der Waals surface area contributed by atoms with E-state index in [1.807, 2.05) is 0 Å². The zero-order valence-corrected chi connectivity index (χ0v) is 14.3. The van der Waals surface area contributed by atoms with Gasteiger partial charge in [-0.3, -0.25) is 30.1 Å². The van der Waals surface area contributed by atoms with Gasteiger partial charge in [0, 0.05) is 18.5 Å². The molecule has 0 aromatic heterocycles. The van der Waals surface area contributed by atoms with Gasteiger partial charge >= 0.3 is 0 Å². The summed E-state index contributed by atoms with van der Waals surface area (Å²) >= 11 is 6.41. The van der Waals surface area contributed by atoms with Gasteiger partial charge in [-0.2, -0.15) is 0 Å². The number of nitrogens with zero attached hydrogens (tertiary/aromatic N) is 1. The van der Waals surface area contributed by atoms with Crippen molar-refractivity contribution in [3.8, 4) is 0 Å². The Morgan fingerprint density at radius 2 is 1.92 bits per heavy atom. The van der Waals surface area contributed by atoms with Crippen LogP contribution in [0.25, 0.3) is 0 Å². The molecule has 0 aliphatic carbocycles. The normalized spacial score (nSPS) is 14.0. The van der Waals surface area contributed by atoms with Gasteiger partial charge in [0.25, 0.3) is 5.91 Å². The van der Waals surface area contributed by atoms with Gasteiger partial charge in [-0.25, -0.2) is 4.39 Å². The first-order valence-electron chi connectivity index (χ1n) is 7.29. The predicted molar refractivity (Wildman–Crippen MR) is 92.6 cm³/mol. The largest absolute Gasteiger partial charge is 0.297 e. The fourth-order valence-corrected chi connectivity index (χ4v) is 3.14. The Morgan fingerprint density at radius 1 is 1.21 bits per heavy atom. The third-order valence-corrected chi connectivity index (χ3v) is 4.73. The molecule has 128 valence electrons. The van der Waals surface area contributed by atoms with E-state index in [4.69, 9.17) is 12.2 Å². The lowest BCUT2D eigenvalue weighted by atomic mass is 10.2. The lowest BCUT2D eigenvalue weighted by molar-refractivity contribution is -0.124. The lowest BCUT2D eigenvalue weighted by Crippen LogP contribution is -2.41. The molecule has 24 heavy (non-hydrogen) atoms. The Bertz CT molecular complexity index is 636. The molecule has 0 spiro atoms. The number of unbranched alkanes of at least 4 members (excludes halogenated alkanes) is 1. The summed E-state index contributed by atoms with van der Waals surface area (Å²) < 4.78 is 13.3. The van der Waals surface area contributed by atoms with Gasteiger partial charge in [0.1, 0.15) is 10.1 Å². The summed E-state index contributed by atoms with van der Waals surface area (Å²) in [5.74, 6) is -0.913. The summed E-state index contributed by atoms with van der Waals surface area (Å²) in [7, 11) is 0. The van der Waals surface area contributed by atoms with Crippen molar-refractivity contribution in [1.82, 2.24) is 15.8 Å². The van der Waals surface area contributed by atoms with Crippen molar-refractivity contribution < 1.29 is 18.8 Å². The fourth-order valence-electron chi connectivity index (χ4n) is 2.01. The summed E-state index contributed by atoms with van der Waals surface area (Å²) in [6.07, 6.45) is 1.42. The van der Waals surface area contributed by atoms with E-state index in [0.717, 1.165) is 0 Å². The van der Waals surface area contributed by atoms with Crippen molar-refractivity contribution in [2.75, 3.05) is 12.3 Å². The molecule has 0 saturated carbocycles. The highest BCUT2D eigenvalue weighted by molar-refractivity contribution is 8.23. The average molecular weight is 369 g/mol. The SMILES string of the molecule is O=C(CCCCN1C(=O)CSC1=S)NNC(=O)c1ccc(F)cc1. The van der Waals surface area contributed by atoms with Gasteiger partial charge in [-0.15, -0.1) is 0 Å². The van der Waals surface area contributed by atoms with E-state index in [1.54, 1.807) is 4.90 Å². The second kappa shape index (κ2) is 8.74. The van der Waals surface area contributed by atoms with Crippen LogP contribution in [0.4, 0.5) is 4.39 Å². The van der Waals surface area contributed by atoms with E-state index in [-0.39, 0.29) is 23.8 Å². The molecule has 1 aliphatic rings. The summed E-state index contributed by atoms with van der Waals surface area (Å²) in [5, 5.41) is 0. The van der Waals surface area contributed by atoms with Crippen LogP contribution in [0, 0.1) is 5.82 Å². The van der Waals surface area contributed by atoms with Gasteiger partial charge in [0.05, 0.1) is 5.75 Å². The van der Waals surface area contributed by atoms with Crippen LogP contribution < -0.4 is 10.9 Å². The van der Waals surface area contributed by atoms with Gasteiger partial charge < -0.3 is 0 Å². The molecule has 2 N–H and O–H groups in total. The highest BCUT2D eigenvalue weighted by Gasteiger charge is 2.25. The molecule has 1 heterocycles. The number of carbonyl (C=O) groups excluding carboxylic acids is 3. The summed E-state index contributed by atoms with van der Waals surface area (Å²) in [6, 6.07) is 4.98. The molecule has 6 nitrogen and oxygen atoms in total. The van der Waals surface area contributed by atoms with Crippen LogP contribution in [-0.4, -0.2) is 39.2 Å². The molecule has 3 amide bonds. The van der Waals surface area contributed by atoms with Crippen molar-refractivity contribution in [2.24, 2.45) is 0 Å². The van der Waals surface area contributed by atoms with Gasteiger partial charge in [-0.05, 0) is 37.1 Å². The van der Waals surface area contributed by atoms with Gasteiger partial charge in [-0.1, -0.05) is 24.0 Å². The molecule has 1 aromatic carbocycles. The first-order valence-corrected chi connectivity index (χ1v) is 8.68. The van der Waals surface area contributed by atoms with Crippen LogP contribution in [-0.2, 0) is 9.59 Å². The number of benzene rings is 1. The van der Waals surface area contributed by atoms with Crippen molar-refractivity contribution >= 4 is 46.0 Å². The minimum atomic E-state index is -0.520. The van der Waals surface area contributed by atoms with Crippen molar-refractivity contribution in [3.63, 3.8) is 0 Å². The minimum absolute atomic E-state index is 0.000938. The topological polar surface area (TPSA) is 78.5 Å². The molecule has 0 unspecified atom stereocenters. The van der Waals surface area contributed by atoms with Crippen LogP contribution in [0.2, 0.25) is 0 Å². The summed E-state index contributed by atoms with van der Waals surface area (Å²) in [5.41, 5.74) is 4.81. The first kappa shape index (κ1) is 18.3. The number of hydrazine groups is 1. The number of hydrogen-bond donors (Lipinski definition) is 2. The number of thioether (sulfide) groups is 1. The number of amides is 3. The molecule has 0 bridgehead atoms. The highest BCUT2D eigenvalue weighted by Crippen LogP contribution is 2.19. The standard InChI is InChI=1S/C15H16FN3O3S2/c16-11-6-4-10(5-7-11)14(22)18-17-12(20)3-1-2-8-19-13(21)9-24-15(19)23/h4-7H,1-3,8-9H2,(H,17,20)(H,18,22). The molecule has 2 rings (SSSR count). The smallest absolute Gasteiger partial charge is 0.269 e. The van der Waals surface area contributed by atoms with E-state index < -0.39 is 11.7 Å². The quantitative estimate of drug-likeness (QED) is 0.453. The van der Waals surface area contributed by atoms with E-state index in [2.05, 4.69) is 10.9 Å². The number of rotatable bonds is 6. The Labute approximate surface area is 148 Å². The van der Waals surface area contributed by atoms with E-state index in [9.17, 15) is 18.8 Å². The summed E-state index contributed by atoms with van der Waals surface area (Å²) in [6.45, 7) is 0.500. The molecule has 9 heteroatoms. The average Bonchev–Trinajstić information content (AvgIpc) is 2.88. The van der Waals surface area contributed by atoms with Crippen molar-refractivity contribution in [3.05, 3.63) is 35.6 Å². The Morgan fingerprint density at radius 3 is 2.54 bits per heavy atom. The monoisotopic (exact) mass is 369 g/mol. The van der Waals surface area contributed by atoms with Crippen LogP contribution in [0.1, 0.15) is 29.6 Å². The molecule has 0 atom stereocenters. The second-order valence-electron chi connectivity index (χ2n) is 5.07. The van der Waals surface area contributed by atoms with Gasteiger partial charge in [0.15, 0.2) is 0 Å². The number of nitrogens with one attached hydrogen (secondary N) is 2. The van der Waals surface area contributed by atoms with Crippen molar-refractivity contribution in [1.29, 1.82) is 0 Å². The molecule has 1 saturated heterocycles. The molecule has 1 aliphatic heterocycles. The second-order valence-corrected chi connectivity index (χ2v) is 6.68. The van der Waals surface area contributed by atoms with E-state index in [1.165, 1.54) is 36.0 Å².